The SMILES string of the molecule is CN=CC(=C(C)N)c1cc2c(cn1)CN(c1c(F)c(OC)cc(OC)c1F)C(=O)N2c1ccc2ccncc2c1. The molecular weight excluding hydrogens is 518 g/mol. The van der Waals surface area contributed by atoms with Crippen molar-refractivity contribution in [1.82, 2.24) is 9.97 Å². The second-order valence-electron chi connectivity index (χ2n) is 9.05. The first-order valence-electron chi connectivity index (χ1n) is 12.2. The van der Waals surface area contributed by atoms with Crippen molar-refractivity contribution in [3.63, 3.8) is 0 Å². The van der Waals surface area contributed by atoms with Crippen LogP contribution in [0.1, 0.15) is 18.2 Å². The zero-order chi connectivity index (χ0) is 28.6. The van der Waals surface area contributed by atoms with Crippen LogP contribution in [0.15, 0.2) is 65.7 Å². The third-order valence-electron chi connectivity index (χ3n) is 6.62. The standard InChI is InChI=1S/C29H26F2N6O3/c1-16(32)21(14-33-2)22-10-23-19(13-35-22)15-36(28-26(30)24(39-3)11-25(40-4)27(28)31)29(38)37(23)20-6-5-17-7-8-34-12-18(17)9-20/h5-14H,15,32H2,1-4H3. The fourth-order valence-electron chi connectivity index (χ4n) is 4.66. The normalized spacial score (nSPS) is 14.0. The highest BCUT2D eigenvalue weighted by atomic mass is 19.1. The van der Waals surface area contributed by atoms with Gasteiger partial charge in [-0.05, 0) is 36.6 Å². The number of hydrogen-bond donors (Lipinski definition) is 1. The van der Waals surface area contributed by atoms with Gasteiger partial charge in [-0.25, -0.2) is 13.6 Å². The molecule has 1 aliphatic rings. The predicted octanol–water partition coefficient (Wildman–Crippen LogP) is 5.59. The number of nitrogens with two attached hydrogens (primary N) is 1. The zero-order valence-corrected chi connectivity index (χ0v) is 22.3. The van der Waals surface area contributed by atoms with Crippen LogP contribution in [-0.4, -0.2) is 43.5 Å². The maximum Gasteiger partial charge on any atom is 0.334 e. The first-order valence-corrected chi connectivity index (χ1v) is 12.2. The van der Waals surface area contributed by atoms with Crippen LogP contribution in [-0.2, 0) is 6.54 Å². The van der Waals surface area contributed by atoms with Crippen LogP contribution in [0.4, 0.5) is 30.6 Å². The number of halogens is 2. The summed E-state index contributed by atoms with van der Waals surface area (Å²) < 4.78 is 41.4. The molecule has 0 fully saturated rings. The van der Waals surface area contributed by atoms with E-state index in [1.807, 2.05) is 12.1 Å². The topological polar surface area (TPSA) is 106 Å². The number of benzene rings is 2. The van der Waals surface area contributed by atoms with Crippen molar-refractivity contribution in [3.8, 4) is 11.5 Å². The van der Waals surface area contributed by atoms with E-state index in [9.17, 15) is 4.79 Å². The number of pyridine rings is 2. The van der Waals surface area contributed by atoms with Crippen LogP contribution in [0.2, 0.25) is 0 Å². The number of aromatic nitrogens is 2. The molecule has 2 N–H and O–H groups in total. The van der Waals surface area contributed by atoms with Gasteiger partial charge >= 0.3 is 6.03 Å². The zero-order valence-electron chi connectivity index (χ0n) is 22.3. The molecule has 5 rings (SSSR count). The Kier molecular flexibility index (Phi) is 7.03. The fraction of sp³-hybridized carbons (Fsp3) is 0.172. The average molecular weight is 545 g/mol. The summed E-state index contributed by atoms with van der Waals surface area (Å²) in [6.45, 7) is 1.56. The molecule has 2 aromatic carbocycles. The number of amides is 2. The Morgan fingerprint density at radius 2 is 1.77 bits per heavy atom. The molecule has 4 aromatic rings. The summed E-state index contributed by atoms with van der Waals surface area (Å²) in [6.07, 6.45) is 6.48. The number of carbonyl (C=O) groups is 1. The van der Waals surface area contributed by atoms with Crippen LogP contribution < -0.4 is 25.0 Å². The van der Waals surface area contributed by atoms with E-state index in [0.29, 0.717) is 33.9 Å². The number of carbonyl (C=O) groups excluding carboxylic acids is 1. The van der Waals surface area contributed by atoms with Gasteiger partial charge in [0.15, 0.2) is 23.1 Å². The number of methoxy groups -OCH3 is 2. The van der Waals surface area contributed by atoms with Crippen molar-refractivity contribution < 1.29 is 23.0 Å². The van der Waals surface area contributed by atoms with E-state index in [-0.39, 0.29) is 18.0 Å². The second kappa shape index (κ2) is 10.6. The van der Waals surface area contributed by atoms with Crippen molar-refractivity contribution in [2.45, 2.75) is 13.5 Å². The Bertz CT molecular complexity index is 1670. The summed E-state index contributed by atoms with van der Waals surface area (Å²) in [7, 11) is 4.11. The van der Waals surface area contributed by atoms with Crippen molar-refractivity contribution >= 4 is 45.7 Å². The van der Waals surface area contributed by atoms with Gasteiger partial charge in [0.25, 0.3) is 0 Å². The summed E-state index contributed by atoms with van der Waals surface area (Å²) in [5.74, 6) is -2.60. The first-order chi connectivity index (χ1) is 19.3. The quantitative estimate of drug-likeness (QED) is 0.317. The van der Waals surface area contributed by atoms with E-state index in [0.717, 1.165) is 21.7 Å². The van der Waals surface area contributed by atoms with Crippen LogP contribution in [0, 0.1) is 11.6 Å². The van der Waals surface area contributed by atoms with Gasteiger partial charge in [-0.1, -0.05) is 6.07 Å². The Morgan fingerprint density at radius 1 is 1.05 bits per heavy atom. The van der Waals surface area contributed by atoms with E-state index in [4.69, 9.17) is 15.2 Å². The molecule has 204 valence electrons. The molecule has 1 aliphatic heterocycles. The van der Waals surface area contributed by atoms with Crippen LogP contribution in [0.25, 0.3) is 16.3 Å². The lowest BCUT2D eigenvalue weighted by Crippen LogP contribution is -2.46. The number of hydrogen-bond acceptors (Lipinski definition) is 7. The molecule has 0 aliphatic carbocycles. The third-order valence-corrected chi connectivity index (χ3v) is 6.62. The molecule has 2 amide bonds. The monoisotopic (exact) mass is 544 g/mol. The molecule has 9 nitrogen and oxygen atoms in total. The molecule has 0 radical (unpaired) electrons. The minimum absolute atomic E-state index is 0.167. The minimum Gasteiger partial charge on any atom is -0.493 e. The van der Waals surface area contributed by atoms with Gasteiger partial charge < -0.3 is 15.2 Å². The molecule has 0 saturated carbocycles. The van der Waals surface area contributed by atoms with E-state index in [2.05, 4.69) is 15.0 Å². The number of fused-ring (bicyclic) bond motifs is 2. The summed E-state index contributed by atoms with van der Waals surface area (Å²) in [4.78, 5) is 29.4. The highest BCUT2D eigenvalue weighted by Gasteiger charge is 2.38. The van der Waals surface area contributed by atoms with E-state index in [1.54, 1.807) is 57.0 Å². The largest absolute Gasteiger partial charge is 0.493 e. The molecule has 0 atom stereocenters. The Morgan fingerprint density at radius 3 is 2.42 bits per heavy atom. The molecule has 40 heavy (non-hydrogen) atoms. The molecular formula is C29H26F2N6O3. The third kappa shape index (κ3) is 4.45. The van der Waals surface area contributed by atoms with Gasteiger partial charge in [-0.2, -0.15) is 0 Å². The maximum atomic E-state index is 15.6. The summed E-state index contributed by atoms with van der Waals surface area (Å²) in [5.41, 5.74) is 8.53. The van der Waals surface area contributed by atoms with Crippen LogP contribution in [0.3, 0.4) is 0 Å². The Labute approximate surface area is 229 Å². The van der Waals surface area contributed by atoms with Crippen LogP contribution >= 0.6 is 0 Å². The lowest BCUT2D eigenvalue weighted by molar-refractivity contribution is 0.251. The van der Waals surface area contributed by atoms with Crippen molar-refractivity contribution in [3.05, 3.63) is 83.6 Å². The number of allylic oxidation sites excluding steroid dienone is 2. The van der Waals surface area contributed by atoms with E-state index in [1.165, 1.54) is 19.1 Å². The van der Waals surface area contributed by atoms with Gasteiger partial charge in [0.1, 0.15) is 5.69 Å². The number of urea groups is 1. The summed E-state index contributed by atoms with van der Waals surface area (Å²) >= 11 is 0. The highest BCUT2D eigenvalue weighted by Crippen LogP contribution is 2.43. The molecule has 2 aromatic heterocycles. The van der Waals surface area contributed by atoms with Crippen molar-refractivity contribution in [2.24, 2.45) is 10.7 Å². The van der Waals surface area contributed by atoms with Gasteiger partial charge in [-0.3, -0.25) is 24.8 Å². The average Bonchev–Trinajstić information content (AvgIpc) is 2.96. The lowest BCUT2D eigenvalue weighted by atomic mass is 10.0. The molecule has 0 unspecified atom stereocenters. The Balaban J connectivity index is 1.76. The van der Waals surface area contributed by atoms with Crippen LogP contribution in [0.5, 0.6) is 11.5 Å². The van der Waals surface area contributed by atoms with E-state index < -0.39 is 23.4 Å². The predicted molar refractivity (Wildman–Crippen MR) is 150 cm³/mol. The molecule has 0 bridgehead atoms. The Hall–Kier alpha value is -5.06. The molecule has 0 spiro atoms. The number of anilines is 3. The fourth-order valence-corrected chi connectivity index (χ4v) is 4.66. The first kappa shape index (κ1) is 26.5. The molecule has 11 heteroatoms. The number of nitrogens with zero attached hydrogens (tertiary/aromatic N) is 5. The van der Waals surface area contributed by atoms with Gasteiger partial charge in [0, 0.05) is 60.1 Å². The molecule has 0 saturated heterocycles. The number of aliphatic imine (C=N–C) groups is 1. The number of ether oxygens (including phenoxy) is 2. The van der Waals surface area contributed by atoms with Gasteiger partial charge in [0.05, 0.1) is 37.8 Å². The minimum atomic E-state index is -1.03. The summed E-state index contributed by atoms with van der Waals surface area (Å²) in [5, 5.41) is 1.69. The second-order valence-corrected chi connectivity index (χ2v) is 9.05. The van der Waals surface area contributed by atoms with E-state index >= 15 is 8.78 Å². The van der Waals surface area contributed by atoms with Gasteiger partial charge in [0.2, 0.25) is 0 Å². The highest BCUT2D eigenvalue weighted by molar-refractivity contribution is 6.14. The lowest BCUT2D eigenvalue weighted by Gasteiger charge is -2.37. The maximum absolute atomic E-state index is 15.6. The summed E-state index contributed by atoms with van der Waals surface area (Å²) in [6, 6.07) is 9.34. The number of rotatable bonds is 6. The smallest absolute Gasteiger partial charge is 0.334 e. The van der Waals surface area contributed by atoms with Gasteiger partial charge in [-0.15, -0.1) is 0 Å². The van der Waals surface area contributed by atoms with Crippen molar-refractivity contribution in [1.29, 1.82) is 0 Å². The van der Waals surface area contributed by atoms with Crippen molar-refractivity contribution in [2.75, 3.05) is 31.1 Å². The molecule has 3 heterocycles.